The van der Waals surface area contributed by atoms with Crippen molar-refractivity contribution in [3.8, 4) is 0 Å². The molecule has 1 saturated heterocycles. The Morgan fingerprint density at radius 2 is 2.00 bits per heavy atom. The molecule has 0 saturated carbocycles. The number of nitrogens with zero attached hydrogens (tertiary/aromatic N) is 1. The van der Waals surface area contributed by atoms with Gasteiger partial charge < -0.3 is 9.32 Å². The van der Waals surface area contributed by atoms with Crippen LogP contribution in [0.1, 0.15) is 23.3 Å². The summed E-state index contributed by atoms with van der Waals surface area (Å²) in [7, 11) is 0. The number of hydrogen-bond acceptors (Lipinski definition) is 4. The molecule has 140 valence electrons. The van der Waals surface area contributed by atoms with Crippen LogP contribution in [0.2, 0.25) is 0 Å². The predicted octanol–water partition coefficient (Wildman–Crippen LogP) is 1.80. The van der Waals surface area contributed by atoms with Crippen LogP contribution in [0.25, 0.3) is 6.08 Å². The summed E-state index contributed by atoms with van der Waals surface area (Å²) in [5.41, 5.74) is 6.74. The van der Waals surface area contributed by atoms with E-state index >= 15 is 0 Å². The van der Waals surface area contributed by atoms with Crippen LogP contribution in [-0.4, -0.2) is 29.2 Å². The van der Waals surface area contributed by atoms with E-state index < -0.39 is 11.8 Å². The summed E-state index contributed by atoms with van der Waals surface area (Å²) in [6, 6.07) is 11.2. The third kappa shape index (κ3) is 5.07. The third-order valence-corrected chi connectivity index (χ3v) is 4.33. The number of carbonyl (C=O) groups is 3. The maximum atomic E-state index is 12.2. The van der Waals surface area contributed by atoms with E-state index in [1.54, 1.807) is 29.4 Å². The molecule has 3 amide bonds. The fourth-order valence-electron chi connectivity index (χ4n) is 2.81. The molecule has 1 atom stereocenters. The van der Waals surface area contributed by atoms with Gasteiger partial charge in [-0.05, 0) is 30.7 Å². The fourth-order valence-corrected chi connectivity index (χ4v) is 2.81. The first-order valence-corrected chi connectivity index (χ1v) is 8.66. The zero-order valence-electron chi connectivity index (χ0n) is 15.0. The lowest BCUT2D eigenvalue weighted by Gasteiger charge is -2.15. The molecule has 27 heavy (non-hydrogen) atoms. The highest BCUT2D eigenvalue weighted by Gasteiger charge is 2.34. The summed E-state index contributed by atoms with van der Waals surface area (Å²) in [5.74, 6) is -0.784. The second kappa shape index (κ2) is 8.35. The van der Waals surface area contributed by atoms with Gasteiger partial charge in [-0.1, -0.05) is 29.8 Å². The first kappa shape index (κ1) is 18.4. The van der Waals surface area contributed by atoms with E-state index in [1.807, 2.05) is 31.2 Å². The number of likely N-dealkylation sites (tertiary alicyclic amines) is 1. The van der Waals surface area contributed by atoms with Crippen molar-refractivity contribution in [3.05, 3.63) is 65.6 Å². The highest BCUT2D eigenvalue weighted by molar-refractivity contribution is 5.94. The molecule has 2 heterocycles. The lowest BCUT2D eigenvalue weighted by molar-refractivity contribution is -0.130. The van der Waals surface area contributed by atoms with Gasteiger partial charge in [0, 0.05) is 19.0 Å². The van der Waals surface area contributed by atoms with Gasteiger partial charge >= 0.3 is 0 Å². The monoisotopic (exact) mass is 367 g/mol. The van der Waals surface area contributed by atoms with Crippen molar-refractivity contribution in [3.63, 3.8) is 0 Å². The Labute approximate surface area is 157 Å². The number of hydrogen-bond donors (Lipinski definition) is 2. The molecular formula is C20H21N3O4. The van der Waals surface area contributed by atoms with Crippen LogP contribution in [-0.2, 0) is 20.9 Å². The summed E-state index contributed by atoms with van der Waals surface area (Å²) in [6.45, 7) is 2.61. The van der Waals surface area contributed by atoms with Crippen molar-refractivity contribution in [2.75, 3.05) is 6.54 Å². The lowest BCUT2D eigenvalue weighted by atomic mass is 10.1. The third-order valence-electron chi connectivity index (χ3n) is 4.33. The molecule has 0 bridgehead atoms. The van der Waals surface area contributed by atoms with Crippen LogP contribution < -0.4 is 10.9 Å². The minimum atomic E-state index is -0.506. The van der Waals surface area contributed by atoms with Crippen molar-refractivity contribution < 1.29 is 18.8 Å². The summed E-state index contributed by atoms with van der Waals surface area (Å²) >= 11 is 0. The largest absolute Gasteiger partial charge is 0.467 e. The molecule has 0 radical (unpaired) electrons. The average molecular weight is 367 g/mol. The normalized spacial score (nSPS) is 16.7. The maximum Gasteiger partial charge on any atom is 0.262 e. The van der Waals surface area contributed by atoms with Crippen LogP contribution in [0.5, 0.6) is 0 Å². The number of hydrazine groups is 1. The van der Waals surface area contributed by atoms with Crippen molar-refractivity contribution in [1.82, 2.24) is 15.8 Å². The quantitative estimate of drug-likeness (QED) is 0.623. The van der Waals surface area contributed by atoms with Gasteiger partial charge in [0.05, 0.1) is 18.7 Å². The lowest BCUT2D eigenvalue weighted by Crippen LogP contribution is -2.44. The highest BCUT2D eigenvalue weighted by atomic mass is 16.3. The summed E-state index contributed by atoms with van der Waals surface area (Å²) < 4.78 is 5.23. The Bertz CT molecular complexity index is 841. The van der Waals surface area contributed by atoms with E-state index in [1.165, 1.54) is 6.08 Å². The van der Waals surface area contributed by atoms with Crippen molar-refractivity contribution >= 4 is 23.8 Å². The van der Waals surface area contributed by atoms with E-state index in [0.717, 1.165) is 11.1 Å². The van der Waals surface area contributed by atoms with Crippen LogP contribution in [0.3, 0.4) is 0 Å². The Balaban J connectivity index is 1.45. The molecule has 1 aliphatic heterocycles. The number of rotatable bonds is 5. The van der Waals surface area contributed by atoms with Gasteiger partial charge in [-0.3, -0.25) is 25.2 Å². The van der Waals surface area contributed by atoms with Gasteiger partial charge in [-0.15, -0.1) is 0 Å². The molecule has 7 heteroatoms. The second-order valence-electron chi connectivity index (χ2n) is 6.48. The first-order chi connectivity index (χ1) is 13.0. The molecular weight excluding hydrogens is 346 g/mol. The fraction of sp³-hybridized carbons (Fsp3) is 0.250. The Morgan fingerprint density at radius 1 is 1.22 bits per heavy atom. The van der Waals surface area contributed by atoms with Gasteiger partial charge in [-0.2, -0.15) is 0 Å². The molecule has 2 aromatic rings. The van der Waals surface area contributed by atoms with Gasteiger partial charge in [-0.25, -0.2) is 0 Å². The van der Waals surface area contributed by atoms with Crippen LogP contribution in [0.15, 0.2) is 53.2 Å². The number of furan rings is 1. The van der Waals surface area contributed by atoms with E-state index in [-0.39, 0.29) is 18.2 Å². The number of amides is 3. The van der Waals surface area contributed by atoms with Crippen LogP contribution in [0, 0.1) is 12.8 Å². The van der Waals surface area contributed by atoms with Crippen molar-refractivity contribution in [1.29, 1.82) is 0 Å². The van der Waals surface area contributed by atoms with Gasteiger partial charge in [0.15, 0.2) is 0 Å². The Morgan fingerprint density at radius 3 is 2.70 bits per heavy atom. The molecule has 7 nitrogen and oxygen atoms in total. The topological polar surface area (TPSA) is 91.7 Å². The number of carbonyl (C=O) groups excluding carboxylic acids is 3. The standard InChI is InChI=1S/C20H21N3O4/c1-14-4-6-15(7-5-14)8-9-18(24)21-22-20(26)16-11-19(25)23(12-16)13-17-3-2-10-27-17/h2-10,16H,11-13H2,1H3,(H,21,24)(H,22,26)/b9-8+. The first-order valence-electron chi connectivity index (χ1n) is 8.66. The molecule has 0 spiro atoms. The number of nitrogens with one attached hydrogen (secondary N) is 2. The van der Waals surface area contributed by atoms with Gasteiger partial charge in [0.1, 0.15) is 5.76 Å². The Hall–Kier alpha value is -3.35. The molecule has 1 unspecified atom stereocenters. The van der Waals surface area contributed by atoms with E-state index in [2.05, 4.69) is 10.9 Å². The van der Waals surface area contributed by atoms with Crippen LogP contribution >= 0.6 is 0 Å². The Kier molecular flexibility index (Phi) is 5.71. The zero-order valence-corrected chi connectivity index (χ0v) is 15.0. The summed E-state index contributed by atoms with van der Waals surface area (Å²) in [6.07, 6.45) is 4.65. The SMILES string of the molecule is Cc1ccc(/C=C/C(=O)NNC(=O)C2CC(=O)N(Cc3ccco3)C2)cc1. The van der Waals surface area contributed by atoms with E-state index in [0.29, 0.717) is 18.8 Å². The predicted molar refractivity (Wildman–Crippen MR) is 98.7 cm³/mol. The van der Waals surface area contributed by atoms with Crippen molar-refractivity contribution in [2.45, 2.75) is 19.9 Å². The molecule has 1 fully saturated rings. The molecule has 1 aliphatic rings. The zero-order chi connectivity index (χ0) is 19.2. The minimum absolute atomic E-state index is 0.113. The highest BCUT2D eigenvalue weighted by Crippen LogP contribution is 2.20. The number of aryl methyl sites for hydroxylation is 1. The molecule has 0 aliphatic carbocycles. The molecule has 3 rings (SSSR count). The van der Waals surface area contributed by atoms with Crippen LogP contribution in [0.4, 0.5) is 0 Å². The van der Waals surface area contributed by atoms with E-state index in [4.69, 9.17) is 4.42 Å². The maximum absolute atomic E-state index is 12.2. The minimum Gasteiger partial charge on any atom is -0.467 e. The summed E-state index contributed by atoms with van der Waals surface area (Å²) in [4.78, 5) is 37.7. The average Bonchev–Trinajstić information content (AvgIpc) is 3.30. The van der Waals surface area contributed by atoms with Crippen molar-refractivity contribution in [2.24, 2.45) is 5.92 Å². The number of benzene rings is 1. The molecule has 1 aromatic heterocycles. The summed E-state index contributed by atoms with van der Waals surface area (Å²) in [5, 5.41) is 0. The smallest absolute Gasteiger partial charge is 0.262 e. The molecule has 2 N–H and O–H groups in total. The van der Waals surface area contributed by atoms with Gasteiger partial charge in [0.25, 0.3) is 5.91 Å². The molecule has 1 aromatic carbocycles. The van der Waals surface area contributed by atoms with Gasteiger partial charge in [0.2, 0.25) is 11.8 Å². The second-order valence-corrected chi connectivity index (χ2v) is 6.48. The van der Waals surface area contributed by atoms with E-state index in [9.17, 15) is 14.4 Å².